The van der Waals surface area contributed by atoms with E-state index in [4.69, 9.17) is 0 Å². The summed E-state index contributed by atoms with van der Waals surface area (Å²) in [5.74, 6) is 0.0308. The van der Waals surface area contributed by atoms with Crippen LogP contribution in [-0.2, 0) is 24.3 Å². The molecule has 0 N–H and O–H groups in total. The van der Waals surface area contributed by atoms with Crippen LogP contribution in [0.1, 0.15) is 36.2 Å². The van der Waals surface area contributed by atoms with E-state index in [0.717, 1.165) is 17.5 Å². The number of amides is 2. The van der Waals surface area contributed by atoms with Gasteiger partial charge >= 0.3 is 5.69 Å². The average molecular weight is 435 g/mol. The minimum absolute atomic E-state index is 0.0127. The molecular formula is C25H30N4O3. The third kappa shape index (κ3) is 4.20. The van der Waals surface area contributed by atoms with Crippen LogP contribution in [0.3, 0.4) is 0 Å². The van der Waals surface area contributed by atoms with Gasteiger partial charge in [-0.05, 0) is 43.2 Å². The molecule has 168 valence electrons. The van der Waals surface area contributed by atoms with E-state index in [1.165, 1.54) is 5.56 Å². The second kappa shape index (κ2) is 9.42. The first-order valence-corrected chi connectivity index (χ1v) is 11.4. The Morgan fingerprint density at radius 1 is 0.812 bits per heavy atom. The van der Waals surface area contributed by atoms with E-state index in [0.29, 0.717) is 44.8 Å². The minimum atomic E-state index is -0.0778. The Morgan fingerprint density at radius 2 is 1.41 bits per heavy atom. The van der Waals surface area contributed by atoms with Gasteiger partial charge in [-0.15, -0.1) is 0 Å². The first-order valence-electron chi connectivity index (χ1n) is 11.4. The molecule has 0 bridgehead atoms. The van der Waals surface area contributed by atoms with Crippen molar-refractivity contribution >= 4 is 22.8 Å². The molecule has 7 nitrogen and oxygen atoms in total. The van der Waals surface area contributed by atoms with Gasteiger partial charge < -0.3 is 9.80 Å². The first-order chi connectivity index (χ1) is 15.5. The number of para-hydroxylation sites is 2. The number of fused-ring (bicyclic) bond motifs is 1. The summed E-state index contributed by atoms with van der Waals surface area (Å²) in [5.41, 5.74) is 3.57. The Balaban J connectivity index is 1.35. The van der Waals surface area contributed by atoms with Gasteiger partial charge in [-0.25, -0.2) is 4.79 Å². The summed E-state index contributed by atoms with van der Waals surface area (Å²) in [6, 6.07) is 15.4. The minimum Gasteiger partial charge on any atom is -0.339 e. The summed E-state index contributed by atoms with van der Waals surface area (Å²) in [7, 11) is 0. The van der Waals surface area contributed by atoms with Crippen molar-refractivity contribution in [3.63, 3.8) is 0 Å². The fourth-order valence-corrected chi connectivity index (χ4v) is 4.38. The van der Waals surface area contributed by atoms with Crippen LogP contribution in [0.25, 0.3) is 11.0 Å². The quantitative estimate of drug-likeness (QED) is 0.599. The molecular weight excluding hydrogens is 404 g/mol. The van der Waals surface area contributed by atoms with E-state index in [1.54, 1.807) is 14.0 Å². The van der Waals surface area contributed by atoms with Crippen LogP contribution in [0.15, 0.2) is 53.3 Å². The van der Waals surface area contributed by atoms with Crippen LogP contribution in [0, 0.1) is 0 Å². The zero-order chi connectivity index (χ0) is 22.7. The van der Waals surface area contributed by atoms with E-state index in [-0.39, 0.29) is 23.9 Å². The Labute approximate surface area is 187 Å². The zero-order valence-corrected chi connectivity index (χ0v) is 18.8. The lowest BCUT2D eigenvalue weighted by Crippen LogP contribution is -2.50. The fraction of sp³-hybridized carbons (Fsp3) is 0.400. The topological polar surface area (TPSA) is 67.6 Å². The highest BCUT2D eigenvalue weighted by atomic mass is 16.2. The van der Waals surface area contributed by atoms with Gasteiger partial charge in [0.2, 0.25) is 5.91 Å². The molecule has 2 aromatic carbocycles. The molecule has 1 fully saturated rings. The second-order valence-corrected chi connectivity index (χ2v) is 8.14. The lowest BCUT2D eigenvalue weighted by molar-refractivity contribution is -0.132. The summed E-state index contributed by atoms with van der Waals surface area (Å²) in [5, 5.41) is 0. The molecule has 1 saturated heterocycles. The number of rotatable bonds is 6. The van der Waals surface area contributed by atoms with Gasteiger partial charge in [0.05, 0.1) is 11.0 Å². The first kappa shape index (κ1) is 21.9. The predicted molar refractivity (Wildman–Crippen MR) is 125 cm³/mol. The van der Waals surface area contributed by atoms with Crippen LogP contribution in [-0.4, -0.2) is 56.9 Å². The van der Waals surface area contributed by atoms with Crippen molar-refractivity contribution in [2.75, 3.05) is 26.2 Å². The molecule has 7 heteroatoms. The highest BCUT2D eigenvalue weighted by molar-refractivity contribution is 5.94. The lowest BCUT2D eigenvalue weighted by Gasteiger charge is -2.35. The van der Waals surface area contributed by atoms with Crippen LogP contribution < -0.4 is 5.69 Å². The van der Waals surface area contributed by atoms with E-state index in [2.05, 4.69) is 6.92 Å². The third-order valence-corrected chi connectivity index (χ3v) is 6.32. The predicted octanol–water partition coefficient (Wildman–Crippen LogP) is 2.76. The Bertz CT molecular complexity index is 1170. The van der Waals surface area contributed by atoms with Crippen molar-refractivity contribution in [2.45, 2.75) is 39.8 Å². The highest BCUT2D eigenvalue weighted by Crippen LogP contribution is 2.15. The fourth-order valence-electron chi connectivity index (χ4n) is 4.38. The number of nitrogens with zero attached hydrogens (tertiary/aromatic N) is 4. The maximum absolute atomic E-state index is 12.8. The van der Waals surface area contributed by atoms with Gasteiger partial charge in [-0.2, -0.15) is 0 Å². The maximum atomic E-state index is 12.8. The monoisotopic (exact) mass is 434 g/mol. The number of carbonyl (C=O) groups is 2. The molecule has 2 amide bonds. The van der Waals surface area contributed by atoms with Gasteiger partial charge in [0.15, 0.2) is 0 Å². The number of piperazine rings is 1. The number of carbonyl (C=O) groups excluding carboxylic acids is 2. The number of imidazole rings is 1. The number of benzene rings is 2. The summed E-state index contributed by atoms with van der Waals surface area (Å²) >= 11 is 0. The number of aromatic nitrogens is 2. The maximum Gasteiger partial charge on any atom is 0.329 e. The largest absolute Gasteiger partial charge is 0.339 e. The smallest absolute Gasteiger partial charge is 0.329 e. The molecule has 0 aliphatic carbocycles. The molecule has 0 spiro atoms. The Kier molecular flexibility index (Phi) is 6.44. The van der Waals surface area contributed by atoms with Crippen LogP contribution in [0.5, 0.6) is 0 Å². The van der Waals surface area contributed by atoms with E-state index in [9.17, 15) is 14.4 Å². The normalized spacial score (nSPS) is 14.2. The van der Waals surface area contributed by atoms with E-state index >= 15 is 0 Å². The zero-order valence-electron chi connectivity index (χ0n) is 18.8. The van der Waals surface area contributed by atoms with Crippen LogP contribution in [0.4, 0.5) is 0 Å². The second-order valence-electron chi connectivity index (χ2n) is 8.14. The Hall–Kier alpha value is -3.35. The van der Waals surface area contributed by atoms with Gasteiger partial charge in [-0.1, -0.05) is 31.2 Å². The van der Waals surface area contributed by atoms with Crippen molar-refractivity contribution in [2.24, 2.45) is 0 Å². The Morgan fingerprint density at radius 3 is 2.00 bits per heavy atom. The molecule has 4 rings (SSSR count). The van der Waals surface area contributed by atoms with Crippen LogP contribution in [0.2, 0.25) is 0 Å². The summed E-state index contributed by atoms with van der Waals surface area (Å²) in [6.45, 7) is 7.07. The van der Waals surface area contributed by atoms with E-state index < -0.39 is 0 Å². The standard InChI is InChI=1S/C25H30N4O3/c1-3-19-9-11-20(12-10-19)24(31)27-17-15-26(16-18-27)23(30)13-14-29-22-8-6-5-7-21(22)28(4-2)25(29)32/h5-12H,3-4,13-18H2,1-2H3. The van der Waals surface area contributed by atoms with Gasteiger partial charge in [-0.3, -0.25) is 18.7 Å². The molecule has 0 saturated carbocycles. The third-order valence-electron chi connectivity index (χ3n) is 6.32. The molecule has 32 heavy (non-hydrogen) atoms. The van der Waals surface area contributed by atoms with Crippen molar-refractivity contribution in [3.05, 3.63) is 70.1 Å². The molecule has 1 aromatic heterocycles. The van der Waals surface area contributed by atoms with E-state index in [1.807, 2.05) is 60.4 Å². The van der Waals surface area contributed by atoms with Crippen molar-refractivity contribution in [1.82, 2.24) is 18.9 Å². The summed E-state index contributed by atoms with van der Waals surface area (Å²) in [6.07, 6.45) is 1.21. The SMILES string of the molecule is CCc1ccc(C(=O)N2CCN(C(=O)CCn3c(=O)n(CC)c4ccccc43)CC2)cc1. The molecule has 1 aliphatic rings. The number of hydrogen-bond acceptors (Lipinski definition) is 3. The number of hydrogen-bond donors (Lipinski definition) is 0. The van der Waals surface area contributed by atoms with Crippen molar-refractivity contribution < 1.29 is 9.59 Å². The molecule has 2 heterocycles. The van der Waals surface area contributed by atoms with Crippen molar-refractivity contribution in [1.29, 1.82) is 0 Å². The molecule has 1 aliphatic heterocycles. The van der Waals surface area contributed by atoms with Crippen molar-refractivity contribution in [3.8, 4) is 0 Å². The molecule has 3 aromatic rings. The number of aryl methyl sites for hydroxylation is 3. The molecule has 0 radical (unpaired) electrons. The summed E-state index contributed by atoms with van der Waals surface area (Å²) < 4.78 is 3.42. The van der Waals surface area contributed by atoms with Crippen LogP contribution >= 0.6 is 0 Å². The molecule has 0 atom stereocenters. The lowest BCUT2D eigenvalue weighted by atomic mass is 10.1. The highest BCUT2D eigenvalue weighted by Gasteiger charge is 2.25. The van der Waals surface area contributed by atoms with Gasteiger partial charge in [0.1, 0.15) is 0 Å². The van der Waals surface area contributed by atoms with Gasteiger partial charge in [0.25, 0.3) is 5.91 Å². The van der Waals surface area contributed by atoms with Gasteiger partial charge in [0, 0.05) is 51.3 Å². The molecule has 0 unspecified atom stereocenters. The average Bonchev–Trinajstić information content (AvgIpc) is 3.12. The summed E-state index contributed by atoms with van der Waals surface area (Å²) in [4.78, 5) is 41.9.